The van der Waals surface area contributed by atoms with E-state index in [1.54, 1.807) is 30.3 Å². The van der Waals surface area contributed by atoms with Gasteiger partial charge >= 0.3 is 5.97 Å². The number of amides is 1. The Labute approximate surface area is 149 Å². The van der Waals surface area contributed by atoms with Crippen LogP contribution in [-0.4, -0.2) is 31.7 Å². The molecule has 0 fully saturated rings. The Hall–Kier alpha value is -2.73. The van der Waals surface area contributed by atoms with Gasteiger partial charge in [-0.2, -0.15) is 0 Å². The predicted octanol–water partition coefficient (Wildman–Crippen LogP) is 2.58. The van der Waals surface area contributed by atoms with Crippen LogP contribution in [0.2, 0.25) is 5.02 Å². The number of ether oxygens (including phenoxy) is 3. The molecule has 6 nitrogen and oxygen atoms in total. The zero-order valence-corrected chi connectivity index (χ0v) is 14.0. The first-order valence-electron chi connectivity index (χ1n) is 7.70. The van der Waals surface area contributed by atoms with Crippen molar-refractivity contribution in [2.75, 3.05) is 19.8 Å². The normalized spacial score (nSPS) is 12.4. The Balaban J connectivity index is 1.48. The Bertz CT molecular complexity index is 776. The molecule has 0 atom stereocenters. The van der Waals surface area contributed by atoms with E-state index in [-0.39, 0.29) is 12.5 Å². The number of halogens is 1. The van der Waals surface area contributed by atoms with Gasteiger partial charge in [-0.1, -0.05) is 23.7 Å². The third-order valence-corrected chi connectivity index (χ3v) is 3.77. The van der Waals surface area contributed by atoms with E-state index in [9.17, 15) is 9.59 Å². The van der Waals surface area contributed by atoms with E-state index >= 15 is 0 Å². The second-order valence-electron chi connectivity index (χ2n) is 5.34. The molecule has 130 valence electrons. The second-order valence-corrected chi connectivity index (χ2v) is 5.77. The van der Waals surface area contributed by atoms with E-state index in [0.717, 1.165) is 5.56 Å². The summed E-state index contributed by atoms with van der Waals surface area (Å²) in [7, 11) is 0. The molecule has 0 bridgehead atoms. The molecular weight excluding hydrogens is 346 g/mol. The van der Waals surface area contributed by atoms with Crippen LogP contribution in [0.5, 0.6) is 11.5 Å². The van der Waals surface area contributed by atoms with Crippen molar-refractivity contribution in [2.45, 2.75) is 6.54 Å². The largest absolute Gasteiger partial charge is 0.486 e. The van der Waals surface area contributed by atoms with Crippen LogP contribution in [0.4, 0.5) is 0 Å². The van der Waals surface area contributed by atoms with E-state index in [2.05, 4.69) is 5.32 Å². The maximum Gasteiger partial charge on any atom is 0.338 e. The molecular formula is C18H16ClNO5. The fourth-order valence-corrected chi connectivity index (χ4v) is 2.36. The van der Waals surface area contributed by atoms with E-state index in [0.29, 0.717) is 41.8 Å². The van der Waals surface area contributed by atoms with Gasteiger partial charge < -0.3 is 19.5 Å². The summed E-state index contributed by atoms with van der Waals surface area (Å²) in [4.78, 5) is 23.8. The summed E-state index contributed by atoms with van der Waals surface area (Å²) in [6.45, 7) is 0.877. The van der Waals surface area contributed by atoms with E-state index in [4.69, 9.17) is 25.8 Å². The third kappa shape index (κ3) is 4.64. The topological polar surface area (TPSA) is 73.9 Å². The minimum Gasteiger partial charge on any atom is -0.486 e. The lowest BCUT2D eigenvalue weighted by Gasteiger charge is -2.18. The number of hydrogen-bond acceptors (Lipinski definition) is 5. The highest BCUT2D eigenvalue weighted by Gasteiger charge is 2.16. The third-order valence-electron chi connectivity index (χ3n) is 3.52. The second kappa shape index (κ2) is 7.90. The number of esters is 1. The molecule has 0 saturated heterocycles. The minimum absolute atomic E-state index is 0.301. The van der Waals surface area contributed by atoms with Crippen LogP contribution in [0.3, 0.4) is 0 Å². The van der Waals surface area contributed by atoms with E-state index in [1.165, 1.54) is 0 Å². The highest BCUT2D eigenvalue weighted by atomic mass is 35.5. The van der Waals surface area contributed by atoms with Crippen molar-refractivity contribution >= 4 is 23.5 Å². The predicted molar refractivity (Wildman–Crippen MR) is 91.0 cm³/mol. The summed E-state index contributed by atoms with van der Waals surface area (Å²) >= 11 is 5.80. The average Bonchev–Trinajstić information content (AvgIpc) is 2.65. The molecule has 2 aromatic rings. The highest BCUT2D eigenvalue weighted by molar-refractivity contribution is 6.30. The van der Waals surface area contributed by atoms with Gasteiger partial charge in [-0.05, 0) is 35.9 Å². The first-order chi connectivity index (χ1) is 12.1. The highest BCUT2D eigenvalue weighted by Crippen LogP contribution is 2.30. The number of carbonyl (C=O) groups is 2. The Morgan fingerprint density at radius 1 is 1.04 bits per heavy atom. The van der Waals surface area contributed by atoms with Crippen LogP contribution in [0.25, 0.3) is 0 Å². The summed E-state index contributed by atoms with van der Waals surface area (Å²) < 4.78 is 15.8. The van der Waals surface area contributed by atoms with Crippen molar-refractivity contribution < 1.29 is 23.8 Å². The van der Waals surface area contributed by atoms with Crippen LogP contribution < -0.4 is 14.8 Å². The molecule has 0 aromatic heterocycles. The van der Waals surface area contributed by atoms with Crippen molar-refractivity contribution in [2.24, 2.45) is 0 Å². The Kier molecular flexibility index (Phi) is 5.40. The summed E-state index contributed by atoms with van der Waals surface area (Å²) in [6.07, 6.45) is 0. The first-order valence-corrected chi connectivity index (χ1v) is 8.07. The number of nitrogens with one attached hydrogen (secondary N) is 1. The molecule has 0 spiro atoms. The Morgan fingerprint density at radius 2 is 1.76 bits per heavy atom. The zero-order valence-electron chi connectivity index (χ0n) is 13.3. The monoisotopic (exact) mass is 361 g/mol. The van der Waals surface area contributed by atoms with Crippen LogP contribution >= 0.6 is 11.6 Å². The zero-order chi connectivity index (χ0) is 17.6. The fraction of sp³-hybridized carbons (Fsp3) is 0.222. The van der Waals surface area contributed by atoms with Gasteiger partial charge in [0.1, 0.15) is 13.2 Å². The first kappa shape index (κ1) is 17.1. The summed E-state index contributed by atoms with van der Waals surface area (Å²) in [5.41, 5.74) is 1.20. The smallest absolute Gasteiger partial charge is 0.338 e. The van der Waals surface area contributed by atoms with Crippen molar-refractivity contribution in [3.05, 3.63) is 58.6 Å². The summed E-state index contributed by atoms with van der Waals surface area (Å²) in [5, 5.41) is 3.30. The number of hydrogen-bond donors (Lipinski definition) is 1. The lowest BCUT2D eigenvalue weighted by Crippen LogP contribution is -2.28. The maximum absolute atomic E-state index is 12.0. The van der Waals surface area contributed by atoms with Gasteiger partial charge in [0, 0.05) is 11.6 Å². The summed E-state index contributed by atoms with van der Waals surface area (Å²) in [5.74, 6) is 0.0934. The lowest BCUT2D eigenvalue weighted by atomic mass is 10.2. The molecule has 0 unspecified atom stereocenters. The SMILES string of the molecule is O=C(COC(=O)c1ccc2c(c1)OCCO2)NCc1ccc(Cl)cc1. The molecule has 0 aliphatic carbocycles. The molecule has 7 heteroatoms. The molecule has 0 saturated carbocycles. The molecule has 2 aromatic carbocycles. The molecule has 1 N–H and O–H groups in total. The van der Waals surface area contributed by atoms with Gasteiger partial charge in [0.15, 0.2) is 18.1 Å². The van der Waals surface area contributed by atoms with Crippen molar-refractivity contribution in [1.29, 1.82) is 0 Å². The number of rotatable bonds is 5. The molecule has 0 radical (unpaired) electrons. The minimum atomic E-state index is -0.599. The van der Waals surface area contributed by atoms with Crippen molar-refractivity contribution in [3.63, 3.8) is 0 Å². The van der Waals surface area contributed by atoms with Crippen LogP contribution in [-0.2, 0) is 16.1 Å². The molecule has 25 heavy (non-hydrogen) atoms. The number of carbonyl (C=O) groups excluding carboxylic acids is 2. The Morgan fingerprint density at radius 3 is 2.52 bits per heavy atom. The maximum atomic E-state index is 12.0. The molecule has 1 aliphatic rings. The van der Waals surface area contributed by atoms with Gasteiger partial charge in [0.05, 0.1) is 5.56 Å². The number of fused-ring (bicyclic) bond motifs is 1. The molecule has 1 aliphatic heterocycles. The fourth-order valence-electron chi connectivity index (χ4n) is 2.24. The van der Waals surface area contributed by atoms with Gasteiger partial charge in [-0.3, -0.25) is 4.79 Å². The quantitative estimate of drug-likeness (QED) is 0.828. The van der Waals surface area contributed by atoms with Gasteiger partial charge in [0.25, 0.3) is 5.91 Å². The van der Waals surface area contributed by atoms with Gasteiger partial charge in [-0.15, -0.1) is 0 Å². The van der Waals surface area contributed by atoms with E-state index in [1.807, 2.05) is 12.1 Å². The van der Waals surface area contributed by atoms with Crippen LogP contribution in [0.1, 0.15) is 15.9 Å². The van der Waals surface area contributed by atoms with Crippen LogP contribution in [0.15, 0.2) is 42.5 Å². The molecule has 1 heterocycles. The molecule has 3 rings (SSSR count). The van der Waals surface area contributed by atoms with Gasteiger partial charge in [0.2, 0.25) is 0 Å². The lowest BCUT2D eigenvalue weighted by molar-refractivity contribution is -0.124. The molecule has 1 amide bonds. The average molecular weight is 362 g/mol. The van der Waals surface area contributed by atoms with E-state index < -0.39 is 5.97 Å². The van der Waals surface area contributed by atoms with Gasteiger partial charge in [-0.25, -0.2) is 4.79 Å². The number of benzene rings is 2. The van der Waals surface area contributed by atoms with Crippen LogP contribution in [0, 0.1) is 0 Å². The summed E-state index contributed by atoms with van der Waals surface area (Å²) in [6, 6.07) is 11.9. The van der Waals surface area contributed by atoms with Crippen molar-refractivity contribution in [1.82, 2.24) is 5.32 Å². The standard InChI is InChI=1S/C18H16ClNO5/c19-14-4-1-12(2-5-14)10-20-17(21)11-25-18(22)13-3-6-15-16(9-13)24-8-7-23-15/h1-6,9H,7-8,10-11H2,(H,20,21). The van der Waals surface area contributed by atoms with Crippen molar-refractivity contribution in [3.8, 4) is 11.5 Å².